The molecule has 1 unspecified atom stereocenters. The monoisotopic (exact) mass is 247 g/mol. The van der Waals surface area contributed by atoms with Crippen LogP contribution in [0.4, 0.5) is 5.13 Å². The van der Waals surface area contributed by atoms with E-state index in [0.717, 1.165) is 16.6 Å². The van der Waals surface area contributed by atoms with Gasteiger partial charge in [-0.1, -0.05) is 48.1 Å². The van der Waals surface area contributed by atoms with E-state index < -0.39 is 0 Å². The first-order valence-corrected chi connectivity index (χ1v) is 6.66. The Labute approximate surface area is 106 Å². The molecule has 0 aliphatic carbocycles. The number of hydrogen-bond donors (Lipinski definition) is 1. The van der Waals surface area contributed by atoms with Crippen molar-refractivity contribution in [2.75, 3.05) is 5.32 Å². The summed E-state index contributed by atoms with van der Waals surface area (Å²) in [4.78, 5) is 0. The average Bonchev–Trinajstić information content (AvgIpc) is 2.77. The molecule has 0 radical (unpaired) electrons. The first kappa shape index (κ1) is 12.0. The van der Waals surface area contributed by atoms with Crippen molar-refractivity contribution < 1.29 is 0 Å². The van der Waals surface area contributed by atoms with Gasteiger partial charge < -0.3 is 5.32 Å². The Bertz CT molecular complexity index is 476. The number of hydrogen-bond acceptors (Lipinski definition) is 4. The van der Waals surface area contributed by atoms with Gasteiger partial charge in [0.1, 0.15) is 5.01 Å². The maximum Gasteiger partial charge on any atom is 0.206 e. The molecule has 4 heteroatoms. The minimum atomic E-state index is 0.258. The Balaban J connectivity index is 2.05. The van der Waals surface area contributed by atoms with E-state index in [4.69, 9.17) is 0 Å². The Morgan fingerprint density at radius 2 is 1.94 bits per heavy atom. The molecule has 3 nitrogen and oxygen atoms in total. The third-order valence-corrected chi connectivity index (χ3v) is 3.69. The van der Waals surface area contributed by atoms with Crippen LogP contribution in [0.15, 0.2) is 24.3 Å². The minimum Gasteiger partial charge on any atom is -0.354 e. The quantitative estimate of drug-likeness (QED) is 0.897. The van der Waals surface area contributed by atoms with Gasteiger partial charge in [-0.2, -0.15) is 0 Å². The maximum absolute atomic E-state index is 4.13. The Morgan fingerprint density at radius 3 is 2.53 bits per heavy atom. The number of aryl methyl sites for hydroxylation is 2. The van der Waals surface area contributed by atoms with Crippen molar-refractivity contribution in [1.82, 2.24) is 10.2 Å². The topological polar surface area (TPSA) is 37.8 Å². The van der Waals surface area contributed by atoms with Crippen molar-refractivity contribution in [2.24, 2.45) is 0 Å². The molecule has 2 rings (SSSR count). The zero-order chi connectivity index (χ0) is 12.3. The highest BCUT2D eigenvalue weighted by atomic mass is 32.1. The first-order chi connectivity index (χ1) is 8.19. The van der Waals surface area contributed by atoms with Gasteiger partial charge in [0.25, 0.3) is 0 Å². The van der Waals surface area contributed by atoms with Gasteiger partial charge in [0.15, 0.2) is 0 Å². The smallest absolute Gasteiger partial charge is 0.206 e. The molecule has 0 saturated carbocycles. The van der Waals surface area contributed by atoms with E-state index in [9.17, 15) is 0 Å². The van der Waals surface area contributed by atoms with E-state index in [0.29, 0.717) is 0 Å². The van der Waals surface area contributed by atoms with Crippen LogP contribution in [0.5, 0.6) is 0 Å². The van der Waals surface area contributed by atoms with E-state index >= 15 is 0 Å². The fourth-order valence-corrected chi connectivity index (χ4v) is 2.35. The van der Waals surface area contributed by atoms with Gasteiger partial charge in [-0.05, 0) is 25.8 Å². The fraction of sp³-hybridized carbons (Fsp3) is 0.385. The van der Waals surface area contributed by atoms with E-state index in [-0.39, 0.29) is 6.04 Å². The molecule has 0 saturated heterocycles. The number of rotatable bonds is 4. The normalized spacial score (nSPS) is 12.4. The molecule has 1 heterocycles. The summed E-state index contributed by atoms with van der Waals surface area (Å²) in [5.41, 5.74) is 2.55. The SMILES string of the molecule is CCc1nnc(NC(C)c2ccc(C)cc2)s1. The van der Waals surface area contributed by atoms with Crippen LogP contribution in [0.25, 0.3) is 0 Å². The number of benzene rings is 1. The predicted molar refractivity (Wildman–Crippen MR) is 72.5 cm³/mol. The van der Waals surface area contributed by atoms with E-state index in [1.807, 2.05) is 0 Å². The lowest BCUT2D eigenvalue weighted by Crippen LogP contribution is -2.06. The summed E-state index contributed by atoms with van der Waals surface area (Å²) < 4.78 is 0. The second-order valence-corrected chi connectivity index (χ2v) is 5.19. The van der Waals surface area contributed by atoms with Crippen LogP contribution in [-0.2, 0) is 6.42 Å². The van der Waals surface area contributed by atoms with Crippen molar-refractivity contribution in [1.29, 1.82) is 0 Å². The summed E-state index contributed by atoms with van der Waals surface area (Å²) in [6, 6.07) is 8.81. The molecule has 0 aliphatic heterocycles. The molecule has 1 N–H and O–H groups in total. The standard InChI is InChI=1S/C13H17N3S/c1-4-12-15-16-13(17-12)14-10(3)11-7-5-9(2)6-8-11/h5-8,10H,4H2,1-3H3,(H,14,16). The maximum atomic E-state index is 4.13. The van der Waals surface area contributed by atoms with Crippen LogP contribution in [-0.4, -0.2) is 10.2 Å². The molecule has 0 amide bonds. The third-order valence-electron chi connectivity index (χ3n) is 2.69. The zero-order valence-electron chi connectivity index (χ0n) is 10.4. The van der Waals surface area contributed by atoms with Gasteiger partial charge in [0.2, 0.25) is 5.13 Å². The molecule has 1 atom stereocenters. The van der Waals surface area contributed by atoms with Crippen LogP contribution in [0.2, 0.25) is 0 Å². The van der Waals surface area contributed by atoms with Crippen molar-refractivity contribution in [3.63, 3.8) is 0 Å². The summed E-state index contributed by atoms with van der Waals surface area (Å²) in [6.07, 6.45) is 0.943. The minimum absolute atomic E-state index is 0.258. The van der Waals surface area contributed by atoms with Crippen LogP contribution in [0.1, 0.15) is 36.0 Å². The van der Waals surface area contributed by atoms with E-state index in [2.05, 4.69) is 60.6 Å². The summed E-state index contributed by atoms with van der Waals surface area (Å²) in [5, 5.41) is 13.6. The molecule has 0 fully saturated rings. The molecule has 0 bridgehead atoms. The highest BCUT2D eigenvalue weighted by Gasteiger charge is 2.08. The lowest BCUT2D eigenvalue weighted by molar-refractivity contribution is 0.869. The fourth-order valence-electron chi connectivity index (χ4n) is 1.58. The Hall–Kier alpha value is -1.42. The number of anilines is 1. The largest absolute Gasteiger partial charge is 0.354 e. The zero-order valence-corrected chi connectivity index (χ0v) is 11.2. The van der Waals surface area contributed by atoms with Gasteiger partial charge in [-0.3, -0.25) is 0 Å². The summed E-state index contributed by atoms with van der Waals surface area (Å²) in [6.45, 7) is 6.32. The molecule has 0 spiro atoms. The Morgan fingerprint density at radius 1 is 1.24 bits per heavy atom. The third kappa shape index (κ3) is 3.03. The van der Waals surface area contributed by atoms with Crippen LogP contribution < -0.4 is 5.32 Å². The summed E-state index contributed by atoms with van der Waals surface area (Å²) in [5.74, 6) is 0. The molecule has 1 aromatic carbocycles. The molecule has 1 aromatic heterocycles. The molecule has 90 valence electrons. The Kier molecular flexibility index (Phi) is 3.74. The van der Waals surface area contributed by atoms with Gasteiger partial charge in [-0.15, -0.1) is 10.2 Å². The number of nitrogens with zero attached hydrogens (tertiary/aromatic N) is 2. The van der Waals surface area contributed by atoms with Crippen molar-refractivity contribution in [3.05, 3.63) is 40.4 Å². The second-order valence-electron chi connectivity index (χ2n) is 4.13. The summed E-state index contributed by atoms with van der Waals surface area (Å²) >= 11 is 1.63. The molecular formula is C13H17N3S. The van der Waals surface area contributed by atoms with Crippen LogP contribution in [0.3, 0.4) is 0 Å². The predicted octanol–water partition coefficient (Wildman–Crippen LogP) is 3.58. The van der Waals surface area contributed by atoms with E-state index in [1.54, 1.807) is 11.3 Å². The average molecular weight is 247 g/mol. The van der Waals surface area contributed by atoms with Gasteiger partial charge in [0, 0.05) is 0 Å². The van der Waals surface area contributed by atoms with Gasteiger partial charge in [-0.25, -0.2) is 0 Å². The van der Waals surface area contributed by atoms with Crippen LogP contribution in [0, 0.1) is 6.92 Å². The first-order valence-electron chi connectivity index (χ1n) is 5.84. The summed E-state index contributed by atoms with van der Waals surface area (Å²) in [7, 11) is 0. The lowest BCUT2D eigenvalue weighted by Gasteiger charge is -2.12. The molecule has 17 heavy (non-hydrogen) atoms. The van der Waals surface area contributed by atoms with Gasteiger partial charge in [0.05, 0.1) is 6.04 Å². The van der Waals surface area contributed by atoms with Gasteiger partial charge >= 0.3 is 0 Å². The van der Waals surface area contributed by atoms with Crippen molar-refractivity contribution in [2.45, 2.75) is 33.2 Å². The highest BCUT2D eigenvalue weighted by Crippen LogP contribution is 2.22. The molecular weight excluding hydrogens is 230 g/mol. The van der Waals surface area contributed by atoms with E-state index in [1.165, 1.54) is 11.1 Å². The molecule has 0 aliphatic rings. The lowest BCUT2D eigenvalue weighted by atomic mass is 10.1. The highest BCUT2D eigenvalue weighted by molar-refractivity contribution is 7.15. The van der Waals surface area contributed by atoms with Crippen molar-refractivity contribution >= 4 is 16.5 Å². The second kappa shape index (κ2) is 5.27. The van der Waals surface area contributed by atoms with Crippen molar-refractivity contribution in [3.8, 4) is 0 Å². The van der Waals surface area contributed by atoms with Crippen LogP contribution >= 0.6 is 11.3 Å². The molecule has 2 aromatic rings. The number of nitrogens with one attached hydrogen (secondary N) is 1. The number of aromatic nitrogens is 2.